The summed E-state index contributed by atoms with van der Waals surface area (Å²) in [6.07, 6.45) is 0.771. The van der Waals surface area contributed by atoms with Crippen LogP contribution in [0.25, 0.3) is 0 Å². The molecular formula is C22H28N2O3. The number of rotatable bonds is 8. The number of ether oxygens (including phenoxy) is 2. The fourth-order valence-corrected chi connectivity index (χ4v) is 2.98. The number of nitrogens with zero attached hydrogens (tertiary/aromatic N) is 1. The standard InChI is InChI=1S/C22H28N2O3/c1-18-3-7-20(8-4-18)22(25)23-11-2-14-27-21-9-5-19(6-10-21)17-24-12-15-26-16-13-24/h3-10H,2,11-17H2,1H3,(H,23,25). The average molecular weight is 368 g/mol. The van der Waals surface area contributed by atoms with Gasteiger partial charge < -0.3 is 14.8 Å². The fraction of sp³-hybridized carbons (Fsp3) is 0.409. The number of hydrogen-bond donors (Lipinski definition) is 1. The van der Waals surface area contributed by atoms with Crippen LogP contribution in [0.4, 0.5) is 0 Å². The van der Waals surface area contributed by atoms with Crippen LogP contribution < -0.4 is 10.1 Å². The molecule has 1 saturated heterocycles. The van der Waals surface area contributed by atoms with Crippen molar-refractivity contribution in [1.82, 2.24) is 10.2 Å². The van der Waals surface area contributed by atoms with Crippen molar-refractivity contribution in [2.75, 3.05) is 39.5 Å². The van der Waals surface area contributed by atoms with Crippen molar-refractivity contribution in [1.29, 1.82) is 0 Å². The van der Waals surface area contributed by atoms with Crippen molar-refractivity contribution in [3.8, 4) is 5.75 Å². The molecule has 1 fully saturated rings. The molecule has 5 nitrogen and oxygen atoms in total. The summed E-state index contributed by atoms with van der Waals surface area (Å²) in [6.45, 7) is 7.77. The van der Waals surface area contributed by atoms with E-state index in [1.807, 2.05) is 43.3 Å². The van der Waals surface area contributed by atoms with Crippen LogP contribution in [0, 0.1) is 6.92 Å². The van der Waals surface area contributed by atoms with Crippen LogP contribution in [0.2, 0.25) is 0 Å². The van der Waals surface area contributed by atoms with Gasteiger partial charge >= 0.3 is 0 Å². The summed E-state index contributed by atoms with van der Waals surface area (Å²) in [4.78, 5) is 14.4. The van der Waals surface area contributed by atoms with Crippen LogP contribution in [0.1, 0.15) is 27.9 Å². The second-order valence-corrected chi connectivity index (χ2v) is 6.86. The third kappa shape index (κ3) is 6.38. The highest BCUT2D eigenvalue weighted by molar-refractivity contribution is 5.94. The van der Waals surface area contributed by atoms with Gasteiger partial charge in [-0.15, -0.1) is 0 Å². The van der Waals surface area contributed by atoms with E-state index in [-0.39, 0.29) is 5.91 Å². The van der Waals surface area contributed by atoms with Crippen LogP contribution in [0.3, 0.4) is 0 Å². The normalized spacial score (nSPS) is 14.7. The van der Waals surface area contributed by atoms with Crippen LogP contribution in [-0.2, 0) is 11.3 Å². The van der Waals surface area contributed by atoms with Gasteiger partial charge in [0.15, 0.2) is 0 Å². The molecule has 0 aromatic heterocycles. The second-order valence-electron chi connectivity index (χ2n) is 6.86. The molecule has 2 aromatic rings. The maximum absolute atomic E-state index is 12.0. The lowest BCUT2D eigenvalue weighted by Gasteiger charge is -2.26. The van der Waals surface area contributed by atoms with Crippen molar-refractivity contribution in [2.45, 2.75) is 19.9 Å². The zero-order valence-electron chi connectivity index (χ0n) is 15.9. The second kappa shape index (κ2) is 10.1. The summed E-state index contributed by atoms with van der Waals surface area (Å²) >= 11 is 0. The van der Waals surface area contributed by atoms with Crippen molar-refractivity contribution in [3.05, 3.63) is 65.2 Å². The summed E-state index contributed by atoms with van der Waals surface area (Å²) < 4.78 is 11.1. The zero-order valence-corrected chi connectivity index (χ0v) is 15.9. The van der Waals surface area contributed by atoms with Crippen molar-refractivity contribution >= 4 is 5.91 Å². The fourth-order valence-electron chi connectivity index (χ4n) is 2.98. The molecule has 144 valence electrons. The van der Waals surface area contributed by atoms with E-state index in [1.54, 1.807) is 0 Å². The van der Waals surface area contributed by atoms with Gasteiger partial charge in [-0.1, -0.05) is 29.8 Å². The van der Waals surface area contributed by atoms with E-state index in [0.29, 0.717) is 18.7 Å². The molecule has 3 rings (SSSR count). The Labute approximate surface area is 161 Å². The van der Waals surface area contributed by atoms with E-state index in [4.69, 9.17) is 9.47 Å². The van der Waals surface area contributed by atoms with E-state index >= 15 is 0 Å². The molecule has 0 saturated carbocycles. The lowest BCUT2D eigenvalue weighted by Crippen LogP contribution is -2.35. The number of amides is 1. The predicted octanol–water partition coefficient (Wildman–Crippen LogP) is 3.03. The number of carbonyl (C=O) groups is 1. The predicted molar refractivity (Wildman–Crippen MR) is 106 cm³/mol. The molecule has 1 aliphatic rings. The SMILES string of the molecule is Cc1ccc(C(=O)NCCCOc2ccc(CN3CCOCC3)cc2)cc1. The van der Waals surface area contributed by atoms with Gasteiger partial charge in [0, 0.05) is 31.7 Å². The first kappa shape index (κ1) is 19.4. The van der Waals surface area contributed by atoms with Crippen LogP contribution in [-0.4, -0.2) is 50.3 Å². The summed E-state index contributed by atoms with van der Waals surface area (Å²) in [5.74, 6) is 0.827. The Kier molecular flexibility index (Phi) is 7.25. The molecule has 0 spiro atoms. The monoisotopic (exact) mass is 368 g/mol. The molecule has 1 heterocycles. The number of benzene rings is 2. The highest BCUT2D eigenvalue weighted by atomic mass is 16.5. The molecule has 2 aromatic carbocycles. The third-order valence-electron chi connectivity index (χ3n) is 4.62. The molecule has 1 N–H and O–H groups in total. The van der Waals surface area contributed by atoms with Crippen molar-refractivity contribution in [2.24, 2.45) is 0 Å². The number of aryl methyl sites for hydroxylation is 1. The summed E-state index contributed by atoms with van der Waals surface area (Å²) in [7, 11) is 0. The maximum atomic E-state index is 12.0. The first-order valence-corrected chi connectivity index (χ1v) is 9.57. The Bertz CT molecular complexity index is 707. The molecule has 5 heteroatoms. The first-order chi connectivity index (χ1) is 13.2. The number of nitrogens with one attached hydrogen (secondary N) is 1. The quantitative estimate of drug-likeness (QED) is 0.728. The third-order valence-corrected chi connectivity index (χ3v) is 4.62. The molecule has 0 unspecified atom stereocenters. The molecule has 27 heavy (non-hydrogen) atoms. The van der Waals surface area contributed by atoms with Gasteiger partial charge in [0.05, 0.1) is 19.8 Å². The Balaban J connectivity index is 1.33. The minimum atomic E-state index is -0.0394. The largest absolute Gasteiger partial charge is 0.494 e. The topological polar surface area (TPSA) is 50.8 Å². The van der Waals surface area contributed by atoms with Crippen LogP contribution in [0.15, 0.2) is 48.5 Å². The van der Waals surface area contributed by atoms with Gasteiger partial charge in [-0.25, -0.2) is 0 Å². The van der Waals surface area contributed by atoms with Gasteiger partial charge in [0.25, 0.3) is 5.91 Å². The number of carbonyl (C=O) groups excluding carboxylic acids is 1. The Morgan fingerprint density at radius 3 is 2.48 bits per heavy atom. The van der Waals surface area contributed by atoms with Gasteiger partial charge in [0.1, 0.15) is 5.75 Å². The van der Waals surface area contributed by atoms with Gasteiger partial charge in [-0.2, -0.15) is 0 Å². The Morgan fingerprint density at radius 2 is 1.78 bits per heavy atom. The van der Waals surface area contributed by atoms with E-state index in [1.165, 1.54) is 5.56 Å². The van der Waals surface area contributed by atoms with Gasteiger partial charge in [-0.05, 0) is 43.2 Å². The van der Waals surface area contributed by atoms with E-state index in [9.17, 15) is 4.79 Å². The van der Waals surface area contributed by atoms with E-state index in [2.05, 4.69) is 22.3 Å². The lowest BCUT2D eigenvalue weighted by molar-refractivity contribution is 0.0342. The highest BCUT2D eigenvalue weighted by Gasteiger charge is 2.10. The number of hydrogen-bond acceptors (Lipinski definition) is 4. The molecule has 0 atom stereocenters. The first-order valence-electron chi connectivity index (χ1n) is 9.57. The molecular weight excluding hydrogens is 340 g/mol. The van der Waals surface area contributed by atoms with Crippen molar-refractivity contribution in [3.63, 3.8) is 0 Å². The zero-order chi connectivity index (χ0) is 18.9. The maximum Gasteiger partial charge on any atom is 0.251 e. The molecule has 0 bridgehead atoms. The number of morpholine rings is 1. The lowest BCUT2D eigenvalue weighted by atomic mass is 10.1. The Hall–Kier alpha value is -2.37. The van der Waals surface area contributed by atoms with Gasteiger partial charge in [0.2, 0.25) is 0 Å². The summed E-state index contributed by atoms with van der Waals surface area (Å²) in [5.41, 5.74) is 3.13. The summed E-state index contributed by atoms with van der Waals surface area (Å²) in [5, 5.41) is 2.92. The molecule has 1 amide bonds. The Morgan fingerprint density at radius 1 is 1.07 bits per heavy atom. The van der Waals surface area contributed by atoms with E-state index in [0.717, 1.165) is 50.6 Å². The minimum Gasteiger partial charge on any atom is -0.494 e. The minimum absolute atomic E-state index is 0.0394. The average Bonchev–Trinajstić information content (AvgIpc) is 2.70. The van der Waals surface area contributed by atoms with E-state index < -0.39 is 0 Å². The summed E-state index contributed by atoms with van der Waals surface area (Å²) in [6, 6.07) is 15.8. The highest BCUT2D eigenvalue weighted by Crippen LogP contribution is 2.14. The van der Waals surface area contributed by atoms with Crippen molar-refractivity contribution < 1.29 is 14.3 Å². The van der Waals surface area contributed by atoms with Crippen LogP contribution in [0.5, 0.6) is 5.75 Å². The molecule has 0 radical (unpaired) electrons. The van der Waals surface area contributed by atoms with Crippen LogP contribution >= 0.6 is 0 Å². The molecule has 1 aliphatic heterocycles. The molecule has 0 aliphatic carbocycles. The van der Waals surface area contributed by atoms with Gasteiger partial charge in [-0.3, -0.25) is 9.69 Å². The smallest absolute Gasteiger partial charge is 0.251 e.